The molecule has 1 atom stereocenters. The van der Waals surface area contributed by atoms with E-state index in [1.807, 2.05) is 6.08 Å². The summed E-state index contributed by atoms with van der Waals surface area (Å²) in [4.78, 5) is 10.7. The van der Waals surface area contributed by atoms with Gasteiger partial charge < -0.3 is 5.11 Å². The first-order chi connectivity index (χ1) is 12.0. The number of benzene rings is 1. The number of rotatable bonds is 10. The van der Waals surface area contributed by atoms with Crippen molar-refractivity contribution in [3.8, 4) is 0 Å². The minimum absolute atomic E-state index is 0.191. The molecule has 0 saturated heterocycles. The van der Waals surface area contributed by atoms with Crippen molar-refractivity contribution in [2.45, 2.75) is 43.4 Å². The molecule has 0 amide bonds. The fourth-order valence-corrected chi connectivity index (χ4v) is 4.01. The fourth-order valence-electron chi connectivity index (χ4n) is 2.91. The lowest BCUT2D eigenvalue weighted by atomic mass is 9.99. The number of carboxylic acid groups (broad SMARTS) is 1. The van der Waals surface area contributed by atoms with Gasteiger partial charge in [-0.25, -0.2) is 13.1 Å². The van der Waals surface area contributed by atoms with Crippen LogP contribution in [0.1, 0.15) is 38.5 Å². The van der Waals surface area contributed by atoms with Crippen LogP contribution in [0.3, 0.4) is 0 Å². The van der Waals surface area contributed by atoms with Crippen molar-refractivity contribution >= 4 is 16.0 Å². The number of carboxylic acids is 1. The second-order valence-electron chi connectivity index (χ2n) is 6.18. The third-order valence-electron chi connectivity index (χ3n) is 4.30. The predicted molar refractivity (Wildman–Crippen MR) is 97.7 cm³/mol. The van der Waals surface area contributed by atoms with Crippen LogP contribution in [0.15, 0.2) is 59.0 Å². The largest absolute Gasteiger partial charge is 0.481 e. The topological polar surface area (TPSA) is 83.5 Å². The second-order valence-corrected chi connectivity index (χ2v) is 7.95. The lowest BCUT2D eigenvalue weighted by Crippen LogP contribution is -2.29. The van der Waals surface area contributed by atoms with Crippen LogP contribution < -0.4 is 4.72 Å². The van der Waals surface area contributed by atoms with Gasteiger partial charge in [-0.2, -0.15) is 0 Å². The van der Waals surface area contributed by atoms with Gasteiger partial charge in [0.2, 0.25) is 10.0 Å². The van der Waals surface area contributed by atoms with Gasteiger partial charge in [0.05, 0.1) is 4.90 Å². The van der Waals surface area contributed by atoms with Crippen LogP contribution in [0.5, 0.6) is 0 Å². The standard InChI is InChI=1S/C19H25NO4S/c21-19(22)14-7-2-1-4-9-16-10-8-11-17(16)15-20-25(23,24)18-12-5-3-6-13-18/h1,3-6,10,12-13,17,20H,2,7-9,11,14-15H2,(H,21,22)/b4-1-/t17-/m1/s1. The Hall–Kier alpha value is -1.92. The zero-order valence-electron chi connectivity index (χ0n) is 14.2. The molecule has 136 valence electrons. The van der Waals surface area contributed by atoms with E-state index in [1.165, 1.54) is 5.57 Å². The SMILES string of the molecule is O=C(O)CCC/C=C\CC1=CCC[C@@H]1CNS(=O)(=O)c1ccccc1. The van der Waals surface area contributed by atoms with E-state index in [2.05, 4.69) is 16.9 Å². The fraction of sp³-hybridized carbons (Fsp3) is 0.421. The molecule has 0 heterocycles. The molecule has 1 aliphatic carbocycles. The molecule has 1 aliphatic rings. The van der Waals surface area contributed by atoms with E-state index in [4.69, 9.17) is 5.11 Å². The number of nitrogens with one attached hydrogen (secondary N) is 1. The zero-order chi connectivity index (χ0) is 18.1. The van der Waals surface area contributed by atoms with Crippen LogP contribution in [0.2, 0.25) is 0 Å². The highest BCUT2D eigenvalue weighted by Gasteiger charge is 2.21. The molecule has 6 heteroatoms. The Kier molecular flexibility index (Phi) is 7.40. The highest BCUT2D eigenvalue weighted by molar-refractivity contribution is 7.89. The first kappa shape index (κ1) is 19.4. The Morgan fingerprint density at radius 3 is 2.72 bits per heavy atom. The van der Waals surface area contributed by atoms with Crippen molar-refractivity contribution in [3.63, 3.8) is 0 Å². The second kappa shape index (κ2) is 9.53. The van der Waals surface area contributed by atoms with Crippen LogP contribution >= 0.6 is 0 Å². The lowest BCUT2D eigenvalue weighted by molar-refractivity contribution is -0.137. The molecule has 0 radical (unpaired) electrons. The molecular formula is C19H25NO4S. The quantitative estimate of drug-likeness (QED) is 0.492. The van der Waals surface area contributed by atoms with E-state index < -0.39 is 16.0 Å². The van der Waals surface area contributed by atoms with Crippen molar-refractivity contribution in [2.24, 2.45) is 5.92 Å². The molecule has 0 aliphatic heterocycles. The first-order valence-electron chi connectivity index (χ1n) is 8.59. The lowest BCUT2D eigenvalue weighted by Gasteiger charge is -2.15. The third-order valence-corrected chi connectivity index (χ3v) is 5.74. The highest BCUT2D eigenvalue weighted by Crippen LogP contribution is 2.28. The summed E-state index contributed by atoms with van der Waals surface area (Å²) < 4.78 is 27.3. The summed E-state index contributed by atoms with van der Waals surface area (Å²) in [6.45, 7) is 0.413. The van der Waals surface area contributed by atoms with E-state index in [0.717, 1.165) is 25.7 Å². The summed E-state index contributed by atoms with van der Waals surface area (Å²) >= 11 is 0. The molecule has 0 aromatic heterocycles. The number of sulfonamides is 1. The normalized spacial score (nSPS) is 17.8. The molecule has 25 heavy (non-hydrogen) atoms. The number of hydrogen-bond donors (Lipinski definition) is 2. The molecule has 0 fully saturated rings. The first-order valence-corrected chi connectivity index (χ1v) is 10.1. The molecule has 0 spiro atoms. The molecule has 0 bridgehead atoms. The Bertz CT molecular complexity index is 723. The number of carbonyl (C=O) groups is 1. The van der Waals surface area contributed by atoms with Crippen molar-refractivity contribution in [3.05, 3.63) is 54.1 Å². The van der Waals surface area contributed by atoms with Gasteiger partial charge in [-0.1, -0.05) is 42.0 Å². The molecule has 0 unspecified atom stereocenters. The van der Waals surface area contributed by atoms with Crippen LogP contribution in [-0.2, 0) is 14.8 Å². The maximum atomic E-state index is 12.3. The van der Waals surface area contributed by atoms with Crippen molar-refractivity contribution in [2.75, 3.05) is 6.54 Å². The van der Waals surface area contributed by atoms with Gasteiger partial charge in [-0.15, -0.1) is 0 Å². The summed E-state index contributed by atoms with van der Waals surface area (Å²) in [7, 11) is -3.46. The molecule has 0 saturated carbocycles. The summed E-state index contributed by atoms with van der Waals surface area (Å²) in [6.07, 6.45) is 10.6. The van der Waals surface area contributed by atoms with Gasteiger partial charge in [0.1, 0.15) is 0 Å². The highest BCUT2D eigenvalue weighted by atomic mass is 32.2. The summed E-state index contributed by atoms with van der Waals surface area (Å²) in [5.41, 5.74) is 1.25. The van der Waals surface area contributed by atoms with E-state index in [-0.39, 0.29) is 17.2 Å². The summed E-state index contributed by atoms with van der Waals surface area (Å²) in [6, 6.07) is 8.40. The van der Waals surface area contributed by atoms with E-state index in [0.29, 0.717) is 13.0 Å². The number of aliphatic carboxylic acids is 1. The molecular weight excluding hydrogens is 338 g/mol. The van der Waals surface area contributed by atoms with Crippen molar-refractivity contribution in [1.29, 1.82) is 0 Å². The molecule has 1 aromatic carbocycles. The maximum absolute atomic E-state index is 12.3. The van der Waals surface area contributed by atoms with Gasteiger partial charge in [0.15, 0.2) is 0 Å². The Morgan fingerprint density at radius 1 is 1.24 bits per heavy atom. The number of hydrogen-bond acceptors (Lipinski definition) is 3. The smallest absolute Gasteiger partial charge is 0.303 e. The van der Waals surface area contributed by atoms with Crippen LogP contribution in [-0.4, -0.2) is 26.0 Å². The van der Waals surface area contributed by atoms with Crippen molar-refractivity contribution < 1.29 is 18.3 Å². The van der Waals surface area contributed by atoms with Crippen molar-refractivity contribution in [1.82, 2.24) is 4.72 Å². The third kappa shape index (κ3) is 6.48. The van der Waals surface area contributed by atoms with Crippen LogP contribution in [0, 0.1) is 5.92 Å². The Morgan fingerprint density at radius 2 is 2.00 bits per heavy atom. The maximum Gasteiger partial charge on any atom is 0.303 e. The van der Waals surface area contributed by atoms with Gasteiger partial charge in [0.25, 0.3) is 0 Å². The minimum Gasteiger partial charge on any atom is -0.481 e. The predicted octanol–water partition coefficient (Wildman–Crippen LogP) is 3.50. The van der Waals surface area contributed by atoms with Crippen LogP contribution in [0.25, 0.3) is 0 Å². The van der Waals surface area contributed by atoms with Crippen LogP contribution in [0.4, 0.5) is 0 Å². The van der Waals surface area contributed by atoms with Gasteiger partial charge in [-0.05, 0) is 50.2 Å². The minimum atomic E-state index is -3.46. The zero-order valence-corrected chi connectivity index (χ0v) is 15.0. The van der Waals surface area contributed by atoms with E-state index in [9.17, 15) is 13.2 Å². The summed E-state index contributed by atoms with van der Waals surface area (Å²) in [5, 5.41) is 8.60. The number of unbranched alkanes of at least 4 members (excludes halogenated alkanes) is 1. The monoisotopic (exact) mass is 363 g/mol. The van der Waals surface area contributed by atoms with E-state index >= 15 is 0 Å². The van der Waals surface area contributed by atoms with E-state index in [1.54, 1.807) is 30.3 Å². The Labute approximate surface area is 149 Å². The van der Waals surface area contributed by atoms with Gasteiger partial charge in [0, 0.05) is 13.0 Å². The number of allylic oxidation sites excluding steroid dienone is 3. The molecule has 1 aromatic rings. The average Bonchev–Trinajstić information content (AvgIpc) is 3.04. The molecule has 2 N–H and O–H groups in total. The average molecular weight is 363 g/mol. The summed E-state index contributed by atoms with van der Waals surface area (Å²) in [5.74, 6) is -0.542. The Balaban J connectivity index is 1.79. The molecule has 2 rings (SSSR count). The van der Waals surface area contributed by atoms with Gasteiger partial charge in [-0.3, -0.25) is 4.79 Å². The molecule has 5 nitrogen and oxygen atoms in total. The van der Waals surface area contributed by atoms with Gasteiger partial charge >= 0.3 is 5.97 Å².